The summed E-state index contributed by atoms with van der Waals surface area (Å²) in [4.78, 5) is 0. The van der Waals surface area contributed by atoms with Gasteiger partial charge in [0.25, 0.3) is 0 Å². The second-order valence-corrected chi connectivity index (χ2v) is 15.8. The van der Waals surface area contributed by atoms with Crippen LogP contribution in [0.2, 0.25) is 0 Å². The molecule has 0 bridgehead atoms. The van der Waals surface area contributed by atoms with Gasteiger partial charge in [0.1, 0.15) is 0 Å². The van der Waals surface area contributed by atoms with Crippen LogP contribution >= 0.6 is 5.51 Å². The van der Waals surface area contributed by atoms with Crippen molar-refractivity contribution in [3.8, 4) is 0 Å². The van der Waals surface area contributed by atoms with Crippen molar-refractivity contribution in [3.05, 3.63) is 0 Å². The minimum absolute atomic E-state index is 0.378. The van der Waals surface area contributed by atoms with Gasteiger partial charge in [-0.2, -0.15) is 0 Å². The van der Waals surface area contributed by atoms with Crippen LogP contribution in [0.3, 0.4) is 0 Å². The first-order chi connectivity index (χ1) is 5.75. The van der Waals surface area contributed by atoms with E-state index in [1.807, 2.05) is 0 Å². The molecule has 2 heteroatoms. The second-order valence-electron chi connectivity index (χ2n) is 7.12. The fourth-order valence-corrected chi connectivity index (χ4v) is 9.06. The van der Waals surface area contributed by atoms with Crippen molar-refractivity contribution in [2.75, 3.05) is 0 Å². The van der Waals surface area contributed by atoms with Crippen LogP contribution in [-0.2, 0) is 0 Å². The molecular weight excluding hydrogens is 254 g/mol. The molecule has 0 N–H and O–H groups in total. The molecule has 0 aromatic heterocycles. The minimum atomic E-state index is -1.15. The van der Waals surface area contributed by atoms with Gasteiger partial charge in [-0.15, -0.1) is 0 Å². The number of rotatable bonds is 0. The molecule has 0 radical (unpaired) electrons. The van der Waals surface area contributed by atoms with Crippen LogP contribution in [0, 0.1) is 0 Å². The molecule has 0 saturated heterocycles. The summed E-state index contributed by atoms with van der Waals surface area (Å²) in [7, 11) is 0. The molecule has 0 atom stereocenters. The molecule has 0 heterocycles. The zero-order valence-corrected chi connectivity index (χ0v) is 14.0. The molecule has 14 heavy (non-hydrogen) atoms. The third-order valence-corrected chi connectivity index (χ3v) is 18.8. The van der Waals surface area contributed by atoms with Gasteiger partial charge in [0.15, 0.2) is 0 Å². The van der Waals surface area contributed by atoms with Gasteiger partial charge in [0.05, 0.1) is 0 Å². The summed E-state index contributed by atoms with van der Waals surface area (Å²) in [6.45, 7) is 21.4. The van der Waals surface area contributed by atoms with E-state index < -0.39 is 5.51 Å². The van der Waals surface area contributed by atoms with Gasteiger partial charge in [-0.05, 0) is 0 Å². The van der Waals surface area contributed by atoms with Crippen molar-refractivity contribution in [2.24, 2.45) is 0 Å². The first-order valence-corrected chi connectivity index (χ1v) is 9.36. The van der Waals surface area contributed by atoms with E-state index in [-0.39, 0.29) is 0 Å². The molecule has 0 rings (SSSR count). The maximum atomic E-state index is 3.62. The second kappa shape index (κ2) is 3.76. The van der Waals surface area contributed by atoms with E-state index in [0.29, 0.717) is 15.5 Å². The van der Waals surface area contributed by atoms with Crippen molar-refractivity contribution >= 4 is 20.6 Å². The Balaban J connectivity index is 5.69. The van der Waals surface area contributed by atoms with E-state index in [1.54, 1.807) is 0 Å². The predicted molar refractivity (Wildman–Crippen MR) is 71.9 cm³/mol. The van der Waals surface area contributed by atoms with Gasteiger partial charge in [0.2, 0.25) is 0 Å². The predicted octanol–water partition coefficient (Wildman–Crippen LogP) is 4.48. The van der Waals surface area contributed by atoms with Crippen molar-refractivity contribution in [1.82, 2.24) is 0 Å². The molecule has 0 aliphatic carbocycles. The molecule has 0 fully saturated rings. The molecule has 0 aromatic carbocycles. The Labute approximate surface area is 98.5 Å². The molecule has 0 saturated carbocycles. The summed E-state index contributed by atoms with van der Waals surface area (Å²) in [5, 5.41) is 1.14. The van der Waals surface area contributed by atoms with Crippen LogP contribution in [0.1, 0.15) is 62.3 Å². The fraction of sp³-hybridized carbons (Fsp3) is 1.00. The van der Waals surface area contributed by atoms with E-state index in [9.17, 15) is 0 Å². The maximum absolute atomic E-state index is 3.62. The van der Waals surface area contributed by atoms with E-state index in [2.05, 4.69) is 77.4 Å². The van der Waals surface area contributed by atoms with Crippen LogP contribution in [0.5, 0.6) is 0 Å². The quantitative estimate of drug-likeness (QED) is 0.453. The zero-order chi connectivity index (χ0) is 12.0. The Hall–Kier alpha value is 0.949. The van der Waals surface area contributed by atoms with Crippen LogP contribution in [0.25, 0.3) is 0 Å². The van der Waals surface area contributed by atoms with Gasteiger partial charge in [-0.3, -0.25) is 0 Å². The molecule has 0 spiro atoms. The average Bonchev–Trinajstić information content (AvgIpc) is 1.77. The van der Waals surface area contributed by atoms with Gasteiger partial charge < -0.3 is 0 Å². The Morgan fingerprint density at radius 2 is 0.714 bits per heavy atom. The summed E-state index contributed by atoms with van der Waals surface area (Å²) < 4.78 is 0. The summed E-state index contributed by atoms with van der Waals surface area (Å²) in [5.74, 6) is 0. The van der Waals surface area contributed by atoms with Gasteiger partial charge in [-0.25, -0.2) is 0 Å². The summed E-state index contributed by atoms with van der Waals surface area (Å²) in [6, 6.07) is 0. The molecule has 0 aliphatic heterocycles. The number of hydrogen-bond acceptors (Lipinski definition) is 0. The molecule has 0 nitrogen and oxygen atoms in total. The summed E-state index contributed by atoms with van der Waals surface area (Å²) in [5.41, 5.74) is -1.15. The molecule has 0 unspecified atom stereocenters. The number of hydrogen-bond donors (Lipinski definition) is 0. The molecular formula is C12H27PSe. The van der Waals surface area contributed by atoms with Gasteiger partial charge in [-0.1, -0.05) is 0 Å². The Bertz CT molecular complexity index is 202. The van der Waals surface area contributed by atoms with Crippen molar-refractivity contribution in [3.63, 3.8) is 0 Å². The van der Waals surface area contributed by atoms with Crippen molar-refractivity contribution < 1.29 is 0 Å². The third kappa shape index (κ3) is 2.37. The van der Waals surface area contributed by atoms with E-state index >= 15 is 0 Å². The Morgan fingerprint density at radius 3 is 0.714 bits per heavy atom. The zero-order valence-electron chi connectivity index (χ0n) is 11.4. The first-order valence-electron chi connectivity index (χ1n) is 5.35. The topological polar surface area (TPSA) is 0 Å². The fourth-order valence-electron chi connectivity index (χ4n) is 3.02. The van der Waals surface area contributed by atoms with Crippen molar-refractivity contribution in [2.45, 2.75) is 77.8 Å². The molecule has 0 aliphatic rings. The SMILES string of the molecule is CC(C)(C)P(=[Se])(C(C)(C)C)C(C)(C)C. The third-order valence-electron chi connectivity index (χ3n) is 2.83. The van der Waals surface area contributed by atoms with Crippen LogP contribution in [-0.4, -0.2) is 30.6 Å². The van der Waals surface area contributed by atoms with Crippen LogP contribution < -0.4 is 0 Å². The Morgan fingerprint density at radius 1 is 0.571 bits per heavy atom. The average molecular weight is 281 g/mol. The molecule has 0 amide bonds. The standard InChI is InChI=1S/C12H27PSe/c1-10(2,3)13(14,11(4,5)6)12(7,8)9/h1-9H3. The Kier molecular flexibility index (Phi) is 4.01. The van der Waals surface area contributed by atoms with Crippen LogP contribution in [0.15, 0.2) is 0 Å². The van der Waals surface area contributed by atoms with Crippen molar-refractivity contribution in [1.29, 1.82) is 0 Å². The van der Waals surface area contributed by atoms with E-state index in [0.717, 1.165) is 0 Å². The summed E-state index contributed by atoms with van der Waals surface area (Å²) in [6.07, 6.45) is 0. The van der Waals surface area contributed by atoms with E-state index in [1.165, 1.54) is 0 Å². The molecule has 86 valence electrons. The van der Waals surface area contributed by atoms with Gasteiger partial charge in [0, 0.05) is 0 Å². The monoisotopic (exact) mass is 282 g/mol. The van der Waals surface area contributed by atoms with Gasteiger partial charge >= 0.3 is 98.4 Å². The summed E-state index contributed by atoms with van der Waals surface area (Å²) >= 11 is 3.62. The van der Waals surface area contributed by atoms with E-state index in [4.69, 9.17) is 0 Å². The first kappa shape index (κ1) is 14.9. The normalized spacial score (nSPS) is 15.8. The van der Waals surface area contributed by atoms with Crippen LogP contribution in [0.4, 0.5) is 0 Å². The molecule has 0 aromatic rings.